The van der Waals surface area contributed by atoms with E-state index in [1.165, 1.54) is 11.1 Å². The first-order chi connectivity index (χ1) is 7.82. The molecule has 0 N–H and O–H groups in total. The van der Waals surface area contributed by atoms with Crippen molar-refractivity contribution < 1.29 is 0 Å². The van der Waals surface area contributed by atoms with E-state index < -0.39 is 0 Å². The van der Waals surface area contributed by atoms with E-state index in [0.29, 0.717) is 5.88 Å². The Labute approximate surface area is 102 Å². The molecule has 0 fully saturated rings. The summed E-state index contributed by atoms with van der Waals surface area (Å²) in [4.78, 5) is 0. The van der Waals surface area contributed by atoms with Crippen LogP contribution in [0.2, 0.25) is 0 Å². The van der Waals surface area contributed by atoms with Gasteiger partial charge < -0.3 is 0 Å². The lowest BCUT2D eigenvalue weighted by atomic mass is 9.68. The quantitative estimate of drug-likeness (QED) is 0.729. The number of nitrogens with zero attached hydrogens (tertiary/aromatic N) is 1. The molecule has 0 bridgehead atoms. The molecule has 0 aromatic heterocycles. The highest BCUT2D eigenvalue weighted by Crippen LogP contribution is 2.40. The number of nitriles is 1. The highest BCUT2D eigenvalue weighted by Gasteiger charge is 2.35. The largest absolute Gasteiger partial charge is 0.197 e. The second-order valence-corrected chi connectivity index (χ2v) is 4.88. The summed E-state index contributed by atoms with van der Waals surface area (Å²) in [6.07, 6.45) is 5.03. The molecule has 1 aromatic rings. The summed E-state index contributed by atoms with van der Waals surface area (Å²) in [6.45, 7) is 0. The summed E-state index contributed by atoms with van der Waals surface area (Å²) < 4.78 is 0. The number of benzene rings is 1. The fourth-order valence-electron chi connectivity index (χ4n) is 2.72. The zero-order valence-corrected chi connectivity index (χ0v) is 10.1. The highest BCUT2D eigenvalue weighted by molar-refractivity contribution is 6.17. The highest BCUT2D eigenvalue weighted by atomic mass is 35.5. The van der Waals surface area contributed by atoms with Gasteiger partial charge in [-0.25, -0.2) is 0 Å². The summed E-state index contributed by atoms with van der Waals surface area (Å²) in [5, 5.41) is 9.52. The zero-order chi connectivity index (χ0) is 11.4. The molecule has 0 heterocycles. The Balaban J connectivity index is 2.38. The van der Waals surface area contributed by atoms with Gasteiger partial charge in [0.25, 0.3) is 0 Å². The molecule has 0 amide bonds. The van der Waals surface area contributed by atoms with Crippen LogP contribution in [0, 0.1) is 11.3 Å². The van der Waals surface area contributed by atoms with E-state index in [-0.39, 0.29) is 5.41 Å². The molecule has 1 aliphatic rings. The van der Waals surface area contributed by atoms with Gasteiger partial charge in [-0.3, -0.25) is 0 Å². The molecule has 1 atom stereocenters. The van der Waals surface area contributed by atoms with Crippen LogP contribution < -0.4 is 0 Å². The lowest BCUT2D eigenvalue weighted by Crippen LogP contribution is -2.29. The SMILES string of the molecule is N#CC1(CCCCl)CCCc2ccccc21. The van der Waals surface area contributed by atoms with Crippen LogP contribution >= 0.6 is 11.6 Å². The Morgan fingerprint density at radius 1 is 1.38 bits per heavy atom. The van der Waals surface area contributed by atoms with Gasteiger partial charge in [-0.15, -0.1) is 11.6 Å². The average Bonchev–Trinajstić information content (AvgIpc) is 2.36. The van der Waals surface area contributed by atoms with Gasteiger partial charge in [0, 0.05) is 5.88 Å². The van der Waals surface area contributed by atoms with Gasteiger partial charge in [-0.2, -0.15) is 5.26 Å². The summed E-state index contributed by atoms with van der Waals surface area (Å²) in [5.74, 6) is 0.644. The lowest BCUT2D eigenvalue weighted by molar-refractivity contribution is 0.420. The minimum atomic E-state index is -0.274. The third kappa shape index (κ3) is 1.95. The smallest absolute Gasteiger partial charge is 0.0825 e. The molecule has 2 heteroatoms. The maximum Gasteiger partial charge on any atom is 0.0825 e. The van der Waals surface area contributed by atoms with Gasteiger partial charge in [0.05, 0.1) is 11.5 Å². The van der Waals surface area contributed by atoms with Crippen molar-refractivity contribution in [2.45, 2.75) is 37.5 Å². The van der Waals surface area contributed by atoms with E-state index in [9.17, 15) is 5.26 Å². The number of halogens is 1. The molecule has 1 unspecified atom stereocenters. The van der Waals surface area contributed by atoms with Crippen molar-refractivity contribution >= 4 is 11.6 Å². The molecular formula is C14H16ClN. The van der Waals surface area contributed by atoms with Crippen LogP contribution in [-0.2, 0) is 11.8 Å². The lowest BCUT2D eigenvalue weighted by Gasteiger charge is -2.33. The van der Waals surface area contributed by atoms with Crippen LogP contribution in [0.3, 0.4) is 0 Å². The van der Waals surface area contributed by atoms with E-state index >= 15 is 0 Å². The first kappa shape index (κ1) is 11.5. The second-order valence-electron chi connectivity index (χ2n) is 4.50. The molecule has 0 spiro atoms. The molecule has 0 aliphatic heterocycles. The predicted molar refractivity (Wildman–Crippen MR) is 66.6 cm³/mol. The molecule has 1 nitrogen and oxygen atoms in total. The Bertz CT molecular complexity index is 407. The minimum Gasteiger partial charge on any atom is -0.197 e. The molecule has 1 aliphatic carbocycles. The van der Waals surface area contributed by atoms with Crippen molar-refractivity contribution in [2.24, 2.45) is 0 Å². The van der Waals surface area contributed by atoms with E-state index in [1.54, 1.807) is 0 Å². The molecule has 0 radical (unpaired) electrons. The normalized spacial score (nSPS) is 23.5. The van der Waals surface area contributed by atoms with Crippen molar-refractivity contribution in [3.05, 3.63) is 35.4 Å². The van der Waals surface area contributed by atoms with Crippen LogP contribution in [0.1, 0.15) is 36.8 Å². The molecule has 16 heavy (non-hydrogen) atoms. The van der Waals surface area contributed by atoms with Crippen LogP contribution in [-0.4, -0.2) is 5.88 Å². The first-order valence-electron chi connectivity index (χ1n) is 5.88. The maximum absolute atomic E-state index is 9.52. The van der Waals surface area contributed by atoms with Gasteiger partial charge in [0.2, 0.25) is 0 Å². The molecule has 1 aromatic carbocycles. The third-order valence-corrected chi connectivity index (χ3v) is 3.80. The average molecular weight is 234 g/mol. The second kappa shape index (κ2) is 4.89. The third-order valence-electron chi connectivity index (χ3n) is 3.53. The Morgan fingerprint density at radius 2 is 2.19 bits per heavy atom. The fourth-order valence-corrected chi connectivity index (χ4v) is 2.85. The van der Waals surface area contributed by atoms with Crippen molar-refractivity contribution in [1.82, 2.24) is 0 Å². The maximum atomic E-state index is 9.52. The van der Waals surface area contributed by atoms with E-state index in [2.05, 4.69) is 24.3 Å². The van der Waals surface area contributed by atoms with Crippen LogP contribution in [0.5, 0.6) is 0 Å². The molecule has 0 saturated heterocycles. The van der Waals surface area contributed by atoms with Gasteiger partial charge >= 0.3 is 0 Å². The Hall–Kier alpha value is -1.00. The van der Waals surface area contributed by atoms with Crippen molar-refractivity contribution in [3.63, 3.8) is 0 Å². The number of fused-ring (bicyclic) bond motifs is 1. The van der Waals surface area contributed by atoms with Gasteiger partial charge in [-0.05, 0) is 43.2 Å². The van der Waals surface area contributed by atoms with Gasteiger partial charge in [-0.1, -0.05) is 24.3 Å². The summed E-state index contributed by atoms with van der Waals surface area (Å²) >= 11 is 5.76. The topological polar surface area (TPSA) is 23.8 Å². The molecule has 0 saturated carbocycles. The summed E-state index contributed by atoms with van der Waals surface area (Å²) in [7, 11) is 0. The monoisotopic (exact) mass is 233 g/mol. The molecule has 84 valence electrons. The van der Waals surface area contributed by atoms with E-state index in [4.69, 9.17) is 11.6 Å². The first-order valence-corrected chi connectivity index (χ1v) is 6.41. The number of aryl methyl sites for hydroxylation is 1. The fraction of sp³-hybridized carbons (Fsp3) is 0.500. The summed E-state index contributed by atoms with van der Waals surface area (Å²) in [6, 6.07) is 10.9. The van der Waals surface area contributed by atoms with Gasteiger partial charge in [0.15, 0.2) is 0 Å². The number of rotatable bonds is 3. The van der Waals surface area contributed by atoms with Gasteiger partial charge in [0.1, 0.15) is 0 Å². The van der Waals surface area contributed by atoms with Crippen LogP contribution in [0.15, 0.2) is 24.3 Å². The van der Waals surface area contributed by atoms with Crippen LogP contribution in [0.25, 0.3) is 0 Å². The molecular weight excluding hydrogens is 218 g/mol. The number of hydrogen-bond acceptors (Lipinski definition) is 1. The van der Waals surface area contributed by atoms with Crippen molar-refractivity contribution in [3.8, 4) is 6.07 Å². The Kier molecular flexibility index (Phi) is 3.51. The van der Waals surface area contributed by atoms with Crippen LogP contribution in [0.4, 0.5) is 0 Å². The van der Waals surface area contributed by atoms with Crippen molar-refractivity contribution in [1.29, 1.82) is 5.26 Å². The predicted octanol–water partition coefficient (Wildman–Crippen LogP) is 3.80. The summed E-state index contributed by atoms with van der Waals surface area (Å²) in [5.41, 5.74) is 2.32. The number of hydrogen-bond donors (Lipinski definition) is 0. The number of alkyl halides is 1. The van der Waals surface area contributed by atoms with Crippen molar-refractivity contribution in [2.75, 3.05) is 5.88 Å². The minimum absolute atomic E-state index is 0.274. The van der Waals surface area contributed by atoms with E-state index in [1.807, 2.05) is 6.07 Å². The Morgan fingerprint density at radius 3 is 2.94 bits per heavy atom. The molecule has 2 rings (SSSR count). The van der Waals surface area contributed by atoms with E-state index in [0.717, 1.165) is 32.1 Å². The zero-order valence-electron chi connectivity index (χ0n) is 9.38. The standard InChI is InChI=1S/C14H16ClN/c15-10-4-9-14(11-16)8-3-6-12-5-1-2-7-13(12)14/h1-2,5,7H,3-4,6,8-10H2.